The minimum absolute atomic E-state index is 0.123. The highest BCUT2D eigenvalue weighted by Crippen LogP contribution is 2.32. The Bertz CT molecular complexity index is 562. The lowest BCUT2D eigenvalue weighted by molar-refractivity contribution is 0.476. The largest absolute Gasteiger partial charge is 0.267 e. The van der Waals surface area contributed by atoms with Gasteiger partial charge in [-0.25, -0.2) is 13.4 Å². The summed E-state index contributed by atoms with van der Waals surface area (Å²) in [5.74, 6) is 0. The summed E-state index contributed by atoms with van der Waals surface area (Å²) in [6.07, 6.45) is 2.21. The summed E-state index contributed by atoms with van der Waals surface area (Å²) in [6, 6.07) is 5.27. The van der Waals surface area contributed by atoms with Gasteiger partial charge in [0, 0.05) is 6.04 Å². The van der Waals surface area contributed by atoms with E-state index in [1.807, 2.05) is 26.8 Å². The number of nitrogens with zero attached hydrogens (tertiary/aromatic N) is 2. The van der Waals surface area contributed by atoms with Crippen molar-refractivity contribution in [1.82, 2.24) is 4.31 Å². The minimum Gasteiger partial charge on any atom is -0.254 e. The van der Waals surface area contributed by atoms with E-state index < -0.39 is 10.0 Å². The van der Waals surface area contributed by atoms with Gasteiger partial charge in [-0.2, -0.15) is 0 Å². The van der Waals surface area contributed by atoms with Gasteiger partial charge in [0.2, 0.25) is 0 Å². The second-order valence-electron chi connectivity index (χ2n) is 4.33. The van der Waals surface area contributed by atoms with Crippen LogP contribution in [0.5, 0.6) is 0 Å². The molecular weight excluding hydrogens is 236 g/mol. The Hall–Kier alpha value is -1.36. The molecule has 0 N–H and O–H groups in total. The van der Waals surface area contributed by atoms with Crippen LogP contribution in [0.4, 0.5) is 5.69 Å². The van der Waals surface area contributed by atoms with Crippen molar-refractivity contribution in [3.63, 3.8) is 0 Å². The highest BCUT2D eigenvalue weighted by Gasteiger charge is 2.30. The smallest absolute Gasteiger partial charge is 0.254 e. The first-order valence-corrected chi connectivity index (χ1v) is 7.11. The lowest BCUT2D eigenvalue weighted by Gasteiger charge is -2.27. The number of hydrogen-bond donors (Lipinski definition) is 0. The van der Waals surface area contributed by atoms with Gasteiger partial charge in [0.15, 0.2) is 0 Å². The summed E-state index contributed by atoms with van der Waals surface area (Å²) in [5, 5.41) is 0. The number of aliphatic imine (C=N–C) groups is 1. The average molecular weight is 252 g/mol. The van der Waals surface area contributed by atoms with Crippen LogP contribution in [0.3, 0.4) is 0 Å². The molecule has 2 rings (SSSR count). The molecule has 4 nitrogen and oxygen atoms in total. The van der Waals surface area contributed by atoms with Crippen LogP contribution in [0.1, 0.15) is 26.3 Å². The van der Waals surface area contributed by atoms with E-state index in [1.54, 1.807) is 12.1 Å². The quantitative estimate of drug-likeness (QED) is 0.811. The highest BCUT2D eigenvalue weighted by atomic mass is 32.2. The van der Waals surface area contributed by atoms with E-state index in [9.17, 15) is 8.42 Å². The van der Waals surface area contributed by atoms with Crippen molar-refractivity contribution in [2.75, 3.05) is 0 Å². The highest BCUT2D eigenvalue weighted by molar-refractivity contribution is 7.89. The molecule has 1 aliphatic heterocycles. The molecule has 0 fully saturated rings. The molecule has 1 aromatic carbocycles. The minimum atomic E-state index is -3.43. The van der Waals surface area contributed by atoms with Crippen LogP contribution in [0.2, 0.25) is 0 Å². The van der Waals surface area contributed by atoms with Crippen LogP contribution in [0.15, 0.2) is 28.1 Å². The summed E-state index contributed by atoms with van der Waals surface area (Å²) >= 11 is 0. The molecule has 0 atom stereocenters. The van der Waals surface area contributed by atoms with Gasteiger partial charge in [0.1, 0.15) is 11.2 Å². The Kier molecular flexibility index (Phi) is 2.95. The molecule has 0 unspecified atom stereocenters. The van der Waals surface area contributed by atoms with E-state index in [4.69, 9.17) is 0 Å². The van der Waals surface area contributed by atoms with Gasteiger partial charge in [-0.1, -0.05) is 13.0 Å². The van der Waals surface area contributed by atoms with Gasteiger partial charge >= 0.3 is 0 Å². The van der Waals surface area contributed by atoms with Gasteiger partial charge in [0.25, 0.3) is 10.0 Å². The lowest BCUT2D eigenvalue weighted by Crippen LogP contribution is -2.37. The van der Waals surface area contributed by atoms with E-state index in [0.29, 0.717) is 10.6 Å². The second-order valence-corrected chi connectivity index (χ2v) is 6.14. The predicted octanol–water partition coefficient (Wildman–Crippen LogP) is 2.32. The fraction of sp³-hybridized carbons (Fsp3) is 0.417. The normalized spacial score (nSPS) is 17.3. The standard InChI is InChI=1S/C12H16N2O2S/c1-4-10-5-6-11-12(7-10)17(15,16)14(8-13-11)9(2)3/h5-9H,4H2,1-3H3. The van der Waals surface area contributed by atoms with Gasteiger partial charge < -0.3 is 0 Å². The topological polar surface area (TPSA) is 49.7 Å². The van der Waals surface area contributed by atoms with E-state index in [2.05, 4.69) is 4.99 Å². The molecule has 92 valence electrons. The molecule has 0 spiro atoms. The van der Waals surface area contributed by atoms with Gasteiger partial charge in [-0.05, 0) is 38.0 Å². The first-order chi connectivity index (χ1) is 7.96. The summed E-state index contributed by atoms with van der Waals surface area (Å²) in [5.41, 5.74) is 1.53. The Morgan fingerprint density at radius 2 is 2.06 bits per heavy atom. The van der Waals surface area contributed by atoms with Crippen LogP contribution in [0.25, 0.3) is 0 Å². The molecule has 0 amide bonds. The Morgan fingerprint density at radius 1 is 1.35 bits per heavy atom. The summed E-state index contributed by atoms with van der Waals surface area (Å²) in [6.45, 7) is 5.66. The molecule has 0 saturated heterocycles. The summed E-state index contributed by atoms with van der Waals surface area (Å²) in [4.78, 5) is 4.50. The van der Waals surface area contributed by atoms with Crippen molar-refractivity contribution in [3.05, 3.63) is 23.8 Å². The third-order valence-corrected chi connectivity index (χ3v) is 4.76. The third-order valence-electron chi connectivity index (χ3n) is 2.81. The number of rotatable bonds is 2. The Labute approximate surface area is 102 Å². The second kappa shape index (κ2) is 4.14. The van der Waals surface area contributed by atoms with Crippen molar-refractivity contribution in [2.24, 2.45) is 4.99 Å². The first-order valence-electron chi connectivity index (χ1n) is 5.67. The average Bonchev–Trinajstić information content (AvgIpc) is 2.28. The van der Waals surface area contributed by atoms with E-state index in [-0.39, 0.29) is 6.04 Å². The van der Waals surface area contributed by atoms with Gasteiger partial charge in [-0.15, -0.1) is 0 Å². The van der Waals surface area contributed by atoms with Crippen LogP contribution >= 0.6 is 0 Å². The van der Waals surface area contributed by atoms with Crippen molar-refractivity contribution in [1.29, 1.82) is 0 Å². The van der Waals surface area contributed by atoms with Gasteiger partial charge in [0.05, 0.1) is 5.69 Å². The first kappa shape index (κ1) is 12.1. The zero-order valence-corrected chi connectivity index (χ0v) is 11.0. The molecule has 1 aliphatic rings. The van der Waals surface area contributed by atoms with Crippen LogP contribution in [0, 0.1) is 0 Å². The number of sulfonamides is 1. The SMILES string of the molecule is CCc1ccc2c(c1)S(=O)(=O)N(C(C)C)C=N2. The summed E-state index contributed by atoms with van der Waals surface area (Å²) in [7, 11) is -3.43. The van der Waals surface area contributed by atoms with Crippen LogP contribution in [-0.2, 0) is 16.4 Å². The molecule has 1 heterocycles. The third kappa shape index (κ3) is 1.95. The molecule has 17 heavy (non-hydrogen) atoms. The van der Waals surface area contributed by atoms with E-state index in [0.717, 1.165) is 12.0 Å². The maximum atomic E-state index is 12.3. The number of aryl methyl sites for hydroxylation is 1. The van der Waals surface area contributed by atoms with Crippen LogP contribution in [-0.4, -0.2) is 25.1 Å². The Balaban J connectivity index is 2.61. The zero-order valence-electron chi connectivity index (χ0n) is 10.2. The molecule has 5 heteroatoms. The van der Waals surface area contributed by atoms with Crippen molar-refractivity contribution in [2.45, 2.75) is 38.1 Å². The molecule has 0 radical (unpaired) electrons. The van der Waals surface area contributed by atoms with Crippen LogP contribution < -0.4 is 0 Å². The predicted molar refractivity (Wildman–Crippen MR) is 68.1 cm³/mol. The summed E-state index contributed by atoms with van der Waals surface area (Å²) < 4.78 is 26.0. The fourth-order valence-corrected chi connectivity index (χ4v) is 3.44. The molecule has 0 aromatic heterocycles. The lowest BCUT2D eigenvalue weighted by atomic mass is 10.1. The molecule has 1 aromatic rings. The molecule has 0 bridgehead atoms. The van der Waals surface area contributed by atoms with E-state index in [1.165, 1.54) is 10.6 Å². The van der Waals surface area contributed by atoms with E-state index >= 15 is 0 Å². The van der Waals surface area contributed by atoms with Gasteiger partial charge in [-0.3, -0.25) is 4.31 Å². The number of hydrogen-bond acceptors (Lipinski definition) is 3. The zero-order chi connectivity index (χ0) is 12.6. The molecular formula is C12H16N2O2S. The maximum Gasteiger partial charge on any atom is 0.267 e. The van der Waals surface area contributed by atoms with Crippen molar-refractivity contribution in [3.8, 4) is 0 Å². The Morgan fingerprint density at radius 3 is 2.65 bits per heavy atom. The maximum absolute atomic E-state index is 12.3. The number of benzene rings is 1. The molecule has 0 saturated carbocycles. The number of fused-ring (bicyclic) bond motifs is 1. The molecule has 0 aliphatic carbocycles. The van der Waals surface area contributed by atoms with Crippen molar-refractivity contribution >= 4 is 22.0 Å². The fourth-order valence-electron chi connectivity index (χ4n) is 1.80. The monoisotopic (exact) mass is 252 g/mol. The van der Waals surface area contributed by atoms with Crippen molar-refractivity contribution < 1.29 is 8.42 Å².